The third-order valence-corrected chi connectivity index (χ3v) is 4.29. The molecule has 0 bridgehead atoms. The second-order valence-corrected chi connectivity index (χ2v) is 5.79. The van der Waals surface area contributed by atoms with Crippen molar-refractivity contribution >= 4 is 11.7 Å². The number of hydrogen-bond donors (Lipinski definition) is 1. The zero-order valence-electron chi connectivity index (χ0n) is 12.4. The van der Waals surface area contributed by atoms with Crippen LogP contribution >= 0.6 is 0 Å². The van der Waals surface area contributed by atoms with E-state index < -0.39 is 17.7 Å². The molecule has 1 aliphatic heterocycles. The van der Waals surface area contributed by atoms with E-state index in [0.717, 1.165) is 37.1 Å². The lowest BCUT2D eigenvalue weighted by molar-refractivity contribution is -0.138. The van der Waals surface area contributed by atoms with Crippen LogP contribution in [0, 0.1) is 5.92 Å². The van der Waals surface area contributed by atoms with Crippen molar-refractivity contribution in [1.29, 1.82) is 0 Å². The minimum absolute atomic E-state index is 0.146. The normalized spacial score (nSPS) is 22.6. The number of alkyl halides is 3. The first-order chi connectivity index (χ1) is 10.3. The molecule has 6 heteroatoms. The van der Waals surface area contributed by atoms with Gasteiger partial charge in [-0.2, -0.15) is 13.2 Å². The molecule has 0 amide bonds. The van der Waals surface area contributed by atoms with Gasteiger partial charge >= 0.3 is 12.1 Å². The number of anilines is 1. The molecule has 2 unspecified atom stereocenters. The number of carboxylic acids is 1. The lowest BCUT2D eigenvalue weighted by atomic mass is 9.87. The quantitative estimate of drug-likeness (QED) is 0.906. The Labute approximate surface area is 127 Å². The summed E-state index contributed by atoms with van der Waals surface area (Å²) in [6, 6.07) is 5.39. The van der Waals surface area contributed by atoms with E-state index in [0.29, 0.717) is 6.54 Å². The van der Waals surface area contributed by atoms with Gasteiger partial charge in [0.15, 0.2) is 0 Å². The monoisotopic (exact) mass is 315 g/mol. The van der Waals surface area contributed by atoms with E-state index >= 15 is 0 Å². The van der Waals surface area contributed by atoms with Gasteiger partial charge in [-0.05, 0) is 49.4 Å². The number of carboxylic acid groups (broad SMARTS) is 1. The Kier molecular flexibility index (Phi) is 4.98. The Balaban J connectivity index is 2.10. The summed E-state index contributed by atoms with van der Waals surface area (Å²) in [5.41, 5.74) is 0.124. The largest absolute Gasteiger partial charge is 0.481 e. The molecule has 0 saturated carbocycles. The molecular formula is C16H20F3NO2. The average Bonchev–Trinajstić information content (AvgIpc) is 2.45. The molecule has 0 spiro atoms. The SMILES string of the molecule is CCC1CC(CC(=O)O)CCN1c1ccc(C(F)(F)F)cc1. The van der Waals surface area contributed by atoms with Gasteiger partial charge in [0.1, 0.15) is 0 Å². The Hall–Kier alpha value is -1.72. The minimum atomic E-state index is -4.32. The third-order valence-electron chi connectivity index (χ3n) is 4.29. The summed E-state index contributed by atoms with van der Waals surface area (Å²) in [6.45, 7) is 2.70. The minimum Gasteiger partial charge on any atom is -0.481 e. The molecule has 0 aromatic heterocycles. The predicted molar refractivity (Wildman–Crippen MR) is 77.8 cm³/mol. The lowest BCUT2D eigenvalue weighted by Gasteiger charge is -2.40. The van der Waals surface area contributed by atoms with Crippen molar-refractivity contribution < 1.29 is 23.1 Å². The summed E-state index contributed by atoms with van der Waals surface area (Å²) in [7, 11) is 0. The van der Waals surface area contributed by atoms with Gasteiger partial charge in [0.2, 0.25) is 0 Å². The van der Waals surface area contributed by atoms with Crippen LogP contribution in [0.3, 0.4) is 0 Å². The van der Waals surface area contributed by atoms with Gasteiger partial charge in [0.25, 0.3) is 0 Å². The number of benzene rings is 1. The molecule has 3 nitrogen and oxygen atoms in total. The molecule has 2 rings (SSSR count). The van der Waals surface area contributed by atoms with Crippen LogP contribution in [0.4, 0.5) is 18.9 Å². The lowest BCUT2D eigenvalue weighted by Crippen LogP contribution is -2.42. The van der Waals surface area contributed by atoms with Crippen LogP contribution in [0.1, 0.15) is 38.2 Å². The highest BCUT2D eigenvalue weighted by molar-refractivity contribution is 5.67. The summed E-state index contributed by atoms with van der Waals surface area (Å²) in [4.78, 5) is 12.9. The summed E-state index contributed by atoms with van der Waals surface area (Å²) >= 11 is 0. The number of nitrogens with zero attached hydrogens (tertiary/aromatic N) is 1. The number of piperidine rings is 1. The smallest absolute Gasteiger partial charge is 0.416 e. The zero-order chi connectivity index (χ0) is 16.3. The van der Waals surface area contributed by atoms with Gasteiger partial charge in [-0.25, -0.2) is 0 Å². The second kappa shape index (κ2) is 6.58. The zero-order valence-corrected chi connectivity index (χ0v) is 12.4. The maximum atomic E-state index is 12.6. The molecule has 1 aromatic carbocycles. The maximum Gasteiger partial charge on any atom is 0.416 e. The highest BCUT2D eigenvalue weighted by Crippen LogP contribution is 2.34. The fourth-order valence-corrected chi connectivity index (χ4v) is 3.14. The highest BCUT2D eigenvalue weighted by atomic mass is 19.4. The standard InChI is InChI=1S/C16H20F3NO2/c1-2-13-9-11(10-15(21)22)7-8-20(13)14-5-3-12(4-6-14)16(17,18)19/h3-6,11,13H,2,7-10H2,1H3,(H,21,22). The summed E-state index contributed by atoms with van der Waals surface area (Å²) in [5.74, 6) is -0.643. The molecule has 1 heterocycles. The Morgan fingerprint density at radius 1 is 1.32 bits per heavy atom. The number of rotatable bonds is 4. The van der Waals surface area contributed by atoms with E-state index in [2.05, 4.69) is 4.90 Å². The van der Waals surface area contributed by atoms with Gasteiger partial charge in [-0.3, -0.25) is 4.79 Å². The first-order valence-electron chi connectivity index (χ1n) is 7.47. The van der Waals surface area contributed by atoms with E-state index in [4.69, 9.17) is 5.11 Å². The van der Waals surface area contributed by atoms with E-state index in [1.807, 2.05) is 6.92 Å². The second-order valence-electron chi connectivity index (χ2n) is 5.79. The van der Waals surface area contributed by atoms with Gasteiger partial charge in [-0.15, -0.1) is 0 Å². The van der Waals surface area contributed by atoms with Crippen LogP contribution in [0.2, 0.25) is 0 Å². The van der Waals surface area contributed by atoms with Gasteiger partial charge in [-0.1, -0.05) is 6.92 Å². The topological polar surface area (TPSA) is 40.5 Å². The molecular weight excluding hydrogens is 295 g/mol. The van der Waals surface area contributed by atoms with Crippen molar-refractivity contribution in [1.82, 2.24) is 0 Å². The van der Waals surface area contributed by atoms with Crippen molar-refractivity contribution in [2.45, 2.75) is 44.8 Å². The molecule has 1 aliphatic rings. The molecule has 22 heavy (non-hydrogen) atoms. The first-order valence-corrected chi connectivity index (χ1v) is 7.47. The first kappa shape index (κ1) is 16.6. The fraction of sp³-hybridized carbons (Fsp3) is 0.562. The van der Waals surface area contributed by atoms with Crippen molar-refractivity contribution in [3.63, 3.8) is 0 Å². The molecule has 2 atom stereocenters. The van der Waals surface area contributed by atoms with Gasteiger partial charge < -0.3 is 10.0 Å². The molecule has 1 fully saturated rings. The predicted octanol–water partition coefficient (Wildman–Crippen LogP) is 4.18. The van der Waals surface area contributed by atoms with Gasteiger partial charge in [0, 0.05) is 24.7 Å². The molecule has 122 valence electrons. The summed E-state index contributed by atoms with van der Waals surface area (Å²) in [5, 5.41) is 8.89. The molecule has 1 aromatic rings. The van der Waals surface area contributed by atoms with Crippen LogP contribution in [0.25, 0.3) is 0 Å². The summed E-state index contributed by atoms with van der Waals surface area (Å²) < 4.78 is 37.8. The number of aliphatic carboxylic acids is 1. The van der Waals surface area contributed by atoms with Crippen molar-refractivity contribution in [2.24, 2.45) is 5.92 Å². The van der Waals surface area contributed by atoms with Crippen molar-refractivity contribution in [2.75, 3.05) is 11.4 Å². The van der Waals surface area contributed by atoms with Crippen LogP contribution in [-0.4, -0.2) is 23.7 Å². The molecule has 1 N–H and O–H groups in total. The summed E-state index contributed by atoms with van der Waals surface area (Å²) in [6.07, 6.45) is -1.79. The van der Waals surface area contributed by atoms with Crippen LogP contribution in [0.5, 0.6) is 0 Å². The van der Waals surface area contributed by atoms with Crippen molar-refractivity contribution in [3.8, 4) is 0 Å². The number of halogens is 3. The maximum absolute atomic E-state index is 12.6. The average molecular weight is 315 g/mol. The van der Waals surface area contributed by atoms with Crippen LogP contribution in [0.15, 0.2) is 24.3 Å². The Bertz CT molecular complexity index is 513. The third kappa shape index (κ3) is 3.93. The van der Waals surface area contributed by atoms with Gasteiger partial charge in [0.05, 0.1) is 5.56 Å². The molecule has 0 radical (unpaired) electrons. The van der Waals surface area contributed by atoms with E-state index in [-0.39, 0.29) is 18.4 Å². The molecule has 0 aliphatic carbocycles. The van der Waals surface area contributed by atoms with E-state index in [1.165, 1.54) is 12.1 Å². The highest BCUT2D eigenvalue weighted by Gasteiger charge is 2.32. The fourth-order valence-electron chi connectivity index (χ4n) is 3.14. The van der Waals surface area contributed by atoms with Crippen LogP contribution < -0.4 is 4.90 Å². The number of hydrogen-bond acceptors (Lipinski definition) is 2. The Morgan fingerprint density at radius 3 is 2.45 bits per heavy atom. The van der Waals surface area contributed by atoms with E-state index in [9.17, 15) is 18.0 Å². The number of carbonyl (C=O) groups is 1. The van der Waals surface area contributed by atoms with Crippen LogP contribution in [-0.2, 0) is 11.0 Å². The van der Waals surface area contributed by atoms with Crippen molar-refractivity contribution in [3.05, 3.63) is 29.8 Å². The van der Waals surface area contributed by atoms with E-state index in [1.54, 1.807) is 0 Å². The Morgan fingerprint density at radius 2 is 1.95 bits per heavy atom. The molecule has 1 saturated heterocycles.